The predicted octanol–water partition coefficient (Wildman–Crippen LogP) is 1.36. The summed E-state index contributed by atoms with van der Waals surface area (Å²) in [5.74, 6) is 1.37. The van der Waals surface area contributed by atoms with Crippen LogP contribution in [0, 0.1) is 0 Å². The molecule has 0 spiro atoms. The first kappa shape index (κ1) is 13.6. The molecule has 2 aromatic rings. The standard InChI is InChI=1S/C15H18N4O2/c1-21-12-6-4-11(5-7-12)10-13-14(20)16-15(18-17-13)19-8-2-3-9-19/h4-7H,2-3,8-10H2,1H3,(H,16,18,20). The number of H-pyrrole nitrogens is 1. The van der Waals surface area contributed by atoms with Gasteiger partial charge in [-0.3, -0.25) is 9.78 Å². The zero-order valence-electron chi connectivity index (χ0n) is 12.0. The fourth-order valence-electron chi connectivity index (χ4n) is 2.48. The molecular formula is C15H18N4O2. The van der Waals surface area contributed by atoms with Gasteiger partial charge in [0.05, 0.1) is 7.11 Å². The number of methoxy groups -OCH3 is 1. The van der Waals surface area contributed by atoms with Crippen molar-refractivity contribution < 1.29 is 4.74 Å². The number of aromatic nitrogens is 3. The minimum absolute atomic E-state index is 0.164. The van der Waals surface area contributed by atoms with Gasteiger partial charge in [0.1, 0.15) is 11.4 Å². The second-order valence-corrected chi connectivity index (χ2v) is 5.14. The summed E-state index contributed by atoms with van der Waals surface area (Å²) in [7, 11) is 1.63. The third-order valence-electron chi connectivity index (χ3n) is 3.69. The Labute approximate surface area is 122 Å². The van der Waals surface area contributed by atoms with Crippen LogP contribution in [-0.2, 0) is 6.42 Å². The first-order chi connectivity index (χ1) is 10.3. The van der Waals surface area contributed by atoms with Gasteiger partial charge in [0.2, 0.25) is 5.95 Å². The van der Waals surface area contributed by atoms with E-state index in [0.29, 0.717) is 18.1 Å². The van der Waals surface area contributed by atoms with E-state index in [2.05, 4.69) is 20.1 Å². The molecule has 1 aromatic carbocycles. The van der Waals surface area contributed by atoms with Gasteiger partial charge in [0.15, 0.2) is 0 Å². The van der Waals surface area contributed by atoms with Crippen LogP contribution in [0.4, 0.5) is 5.95 Å². The Morgan fingerprint density at radius 1 is 1.19 bits per heavy atom. The molecule has 1 N–H and O–H groups in total. The lowest BCUT2D eigenvalue weighted by atomic mass is 10.1. The summed E-state index contributed by atoms with van der Waals surface area (Å²) in [5, 5.41) is 8.24. The van der Waals surface area contributed by atoms with Gasteiger partial charge in [-0.2, -0.15) is 0 Å². The van der Waals surface area contributed by atoms with E-state index in [4.69, 9.17) is 4.74 Å². The van der Waals surface area contributed by atoms with Crippen molar-refractivity contribution in [2.75, 3.05) is 25.1 Å². The molecule has 1 fully saturated rings. The van der Waals surface area contributed by atoms with E-state index in [9.17, 15) is 4.79 Å². The van der Waals surface area contributed by atoms with Crippen molar-refractivity contribution in [3.63, 3.8) is 0 Å². The lowest BCUT2D eigenvalue weighted by Crippen LogP contribution is -2.26. The maximum Gasteiger partial charge on any atom is 0.274 e. The average Bonchev–Trinajstić information content (AvgIpc) is 3.04. The van der Waals surface area contributed by atoms with E-state index in [-0.39, 0.29) is 5.56 Å². The average molecular weight is 286 g/mol. The number of nitrogens with one attached hydrogen (secondary N) is 1. The third-order valence-corrected chi connectivity index (χ3v) is 3.69. The van der Waals surface area contributed by atoms with Crippen LogP contribution in [0.15, 0.2) is 29.1 Å². The quantitative estimate of drug-likeness (QED) is 0.919. The van der Waals surface area contributed by atoms with Gasteiger partial charge >= 0.3 is 0 Å². The molecule has 1 aliphatic heterocycles. The molecule has 0 radical (unpaired) electrons. The van der Waals surface area contributed by atoms with E-state index in [1.54, 1.807) is 7.11 Å². The highest BCUT2D eigenvalue weighted by Crippen LogP contribution is 2.14. The highest BCUT2D eigenvalue weighted by Gasteiger charge is 2.16. The molecule has 0 atom stereocenters. The molecular weight excluding hydrogens is 268 g/mol. The Bertz CT molecular complexity index is 660. The van der Waals surface area contributed by atoms with Crippen molar-refractivity contribution >= 4 is 5.95 Å². The molecule has 0 aliphatic carbocycles. The molecule has 3 rings (SSSR count). The van der Waals surface area contributed by atoms with Crippen LogP contribution in [0.5, 0.6) is 5.75 Å². The summed E-state index contributed by atoms with van der Waals surface area (Å²) in [6.45, 7) is 1.87. The molecule has 2 heterocycles. The second kappa shape index (κ2) is 5.95. The fourth-order valence-corrected chi connectivity index (χ4v) is 2.48. The molecule has 0 bridgehead atoms. The number of anilines is 1. The Balaban J connectivity index is 1.77. The second-order valence-electron chi connectivity index (χ2n) is 5.14. The Morgan fingerprint density at radius 2 is 1.90 bits per heavy atom. The van der Waals surface area contributed by atoms with Gasteiger partial charge in [-0.15, -0.1) is 10.2 Å². The number of benzene rings is 1. The highest BCUT2D eigenvalue weighted by molar-refractivity contribution is 5.31. The summed E-state index contributed by atoms with van der Waals surface area (Å²) in [6.07, 6.45) is 2.74. The van der Waals surface area contributed by atoms with Crippen LogP contribution in [-0.4, -0.2) is 35.4 Å². The number of hydrogen-bond donors (Lipinski definition) is 1. The van der Waals surface area contributed by atoms with Crippen LogP contribution in [0.1, 0.15) is 24.1 Å². The maximum absolute atomic E-state index is 12.1. The molecule has 6 heteroatoms. The van der Waals surface area contributed by atoms with Crippen molar-refractivity contribution in [2.24, 2.45) is 0 Å². The minimum Gasteiger partial charge on any atom is -0.497 e. The third kappa shape index (κ3) is 3.04. The van der Waals surface area contributed by atoms with Gasteiger partial charge in [0, 0.05) is 19.5 Å². The van der Waals surface area contributed by atoms with Crippen molar-refractivity contribution in [3.8, 4) is 5.75 Å². The Hall–Kier alpha value is -2.37. The molecule has 110 valence electrons. The largest absolute Gasteiger partial charge is 0.497 e. The molecule has 0 amide bonds. The van der Waals surface area contributed by atoms with E-state index >= 15 is 0 Å². The van der Waals surface area contributed by atoms with Gasteiger partial charge in [-0.25, -0.2) is 0 Å². The number of nitrogens with zero attached hydrogens (tertiary/aromatic N) is 3. The normalized spacial score (nSPS) is 14.4. The predicted molar refractivity (Wildman–Crippen MR) is 79.9 cm³/mol. The monoisotopic (exact) mass is 286 g/mol. The molecule has 0 unspecified atom stereocenters. The van der Waals surface area contributed by atoms with E-state index in [0.717, 1.165) is 37.2 Å². The molecule has 1 aromatic heterocycles. The molecule has 0 saturated carbocycles. The minimum atomic E-state index is -0.164. The maximum atomic E-state index is 12.1. The molecule has 21 heavy (non-hydrogen) atoms. The highest BCUT2D eigenvalue weighted by atomic mass is 16.5. The number of hydrogen-bond acceptors (Lipinski definition) is 5. The van der Waals surface area contributed by atoms with Gasteiger partial charge in [0.25, 0.3) is 5.56 Å². The summed E-state index contributed by atoms with van der Waals surface area (Å²) >= 11 is 0. The Morgan fingerprint density at radius 3 is 2.52 bits per heavy atom. The van der Waals surface area contributed by atoms with Gasteiger partial charge in [-0.05, 0) is 30.5 Å². The van der Waals surface area contributed by atoms with Crippen molar-refractivity contribution in [1.29, 1.82) is 0 Å². The van der Waals surface area contributed by atoms with Gasteiger partial charge in [-0.1, -0.05) is 12.1 Å². The fraction of sp³-hybridized carbons (Fsp3) is 0.400. The first-order valence-corrected chi connectivity index (χ1v) is 7.10. The van der Waals surface area contributed by atoms with Crippen LogP contribution >= 0.6 is 0 Å². The number of aromatic amines is 1. The lowest BCUT2D eigenvalue weighted by molar-refractivity contribution is 0.414. The first-order valence-electron chi connectivity index (χ1n) is 7.10. The van der Waals surface area contributed by atoms with Crippen LogP contribution < -0.4 is 15.2 Å². The number of ether oxygens (including phenoxy) is 1. The zero-order valence-corrected chi connectivity index (χ0v) is 12.0. The van der Waals surface area contributed by atoms with Crippen LogP contribution in [0.2, 0.25) is 0 Å². The Kier molecular flexibility index (Phi) is 3.85. The van der Waals surface area contributed by atoms with Crippen molar-refractivity contribution in [2.45, 2.75) is 19.3 Å². The van der Waals surface area contributed by atoms with E-state index in [1.807, 2.05) is 24.3 Å². The summed E-state index contributed by atoms with van der Waals surface area (Å²) < 4.78 is 5.11. The van der Waals surface area contributed by atoms with E-state index in [1.165, 1.54) is 0 Å². The van der Waals surface area contributed by atoms with Gasteiger partial charge < -0.3 is 9.64 Å². The topological polar surface area (TPSA) is 71.1 Å². The summed E-state index contributed by atoms with van der Waals surface area (Å²) in [6, 6.07) is 7.59. The van der Waals surface area contributed by atoms with E-state index < -0.39 is 0 Å². The lowest BCUT2D eigenvalue weighted by Gasteiger charge is -2.14. The molecule has 1 saturated heterocycles. The van der Waals surface area contributed by atoms with Crippen molar-refractivity contribution in [1.82, 2.24) is 15.2 Å². The molecule has 6 nitrogen and oxygen atoms in total. The zero-order chi connectivity index (χ0) is 14.7. The summed E-state index contributed by atoms with van der Waals surface area (Å²) in [4.78, 5) is 17.0. The smallest absolute Gasteiger partial charge is 0.274 e. The number of rotatable bonds is 4. The van der Waals surface area contributed by atoms with Crippen LogP contribution in [0.25, 0.3) is 0 Å². The molecule has 1 aliphatic rings. The SMILES string of the molecule is COc1ccc(Cc2nnc(N3CCCC3)[nH]c2=O)cc1. The van der Waals surface area contributed by atoms with Crippen molar-refractivity contribution in [3.05, 3.63) is 45.9 Å². The van der Waals surface area contributed by atoms with Crippen LogP contribution in [0.3, 0.4) is 0 Å². The summed E-state index contributed by atoms with van der Waals surface area (Å²) in [5.41, 5.74) is 1.27.